The molecule has 21 heteroatoms. The van der Waals surface area contributed by atoms with E-state index >= 15 is 0 Å². The van der Waals surface area contributed by atoms with Crippen molar-refractivity contribution in [2.75, 3.05) is 63.1 Å². The van der Waals surface area contributed by atoms with Crippen LogP contribution in [0.15, 0.2) is 42.5 Å². The van der Waals surface area contributed by atoms with Crippen molar-refractivity contribution in [2.24, 2.45) is 5.92 Å². The summed E-state index contributed by atoms with van der Waals surface area (Å²) in [6.45, 7) is 2.18. The number of thioether (sulfide) groups is 1. The molecule has 0 saturated carbocycles. The van der Waals surface area contributed by atoms with E-state index in [1.54, 1.807) is 30.0 Å². The van der Waals surface area contributed by atoms with Gasteiger partial charge in [0.2, 0.25) is 39.6 Å². The monoisotopic (exact) mass is 880 g/mol. The zero-order valence-corrected chi connectivity index (χ0v) is 35.5. The van der Waals surface area contributed by atoms with Crippen LogP contribution < -0.4 is 37.3 Å². The average molecular weight is 881 g/mol. The minimum Gasteiger partial charge on any atom is -0.384 e. The van der Waals surface area contributed by atoms with Crippen molar-refractivity contribution in [1.29, 1.82) is 0 Å². The fourth-order valence-electron chi connectivity index (χ4n) is 8.26. The Morgan fingerprint density at radius 2 is 1.64 bits per heavy atom. The van der Waals surface area contributed by atoms with E-state index in [0.29, 0.717) is 38.3 Å². The second-order valence-corrected chi connectivity index (χ2v) is 19.0. The van der Waals surface area contributed by atoms with Crippen LogP contribution in [-0.4, -0.2) is 133 Å². The number of anilines is 1. The van der Waals surface area contributed by atoms with Crippen LogP contribution in [0, 0.1) is 5.92 Å². The third-order valence-corrected chi connectivity index (χ3v) is 13.9. The number of hydrogen-bond donors (Lipinski definition) is 7. The molecule has 5 unspecified atom stereocenters. The summed E-state index contributed by atoms with van der Waals surface area (Å²) in [7, 11) is -3.36. The highest BCUT2D eigenvalue weighted by Crippen LogP contribution is 2.33. The van der Waals surface area contributed by atoms with Gasteiger partial charge in [0.15, 0.2) is 0 Å². The van der Waals surface area contributed by atoms with E-state index in [-0.39, 0.29) is 78.9 Å². The molecule has 0 radical (unpaired) electrons. The number of fused-ring (bicyclic) bond motifs is 1. The average Bonchev–Trinajstić information content (AvgIpc) is 4.05. The van der Waals surface area contributed by atoms with Crippen LogP contribution in [0.1, 0.15) is 88.9 Å². The second kappa shape index (κ2) is 19.4. The smallest absolute Gasteiger partial charge is 0.264 e. The number of benzene rings is 2. The topological polar surface area (TPSA) is 248 Å². The number of unbranched alkanes of at least 4 members (excludes halogenated alkanes) is 2. The number of amides is 7. The van der Waals surface area contributed by atoms with Crippen LogP contribution in [0.4, 0.5) is 5.69 Å². The van der Waals surface area contributed by atoms with Gasteiger partial charge in [0.05, 0.1) is 36.4 Å². The van der Waals surface area contributed by atoms with Crippen LogP contribution in [-0.2, 0) is 34.0 Å². The molecule has 7 rings (SSSR count). The molecule has 328 valence electrons. The quantitative estimate of drug-likeness (QED) is 0.0812. The van der Waals surface area contributed by atoms with Crippen LogP contribution >= 0.6 is 11.8 Å². The van der Waals surface area contributed by atoms with Crippen molar-refractivity contribution in [3.63, 3.8) is 0 Å². The van der Waals surface area contributed by atoms with Crippen molar-refractivity contribution in [3.05, 3.63) is 64.7 Å². The van der Waals surface area contributed by atoms with Crippen LogP contribution in [0.2, 0.25) is 0 Å². The molecule has 5 aliphatic rings. The number of piperidine rings is 1. The van der Waals surface area contributed by atoms with Crippen molar-refractivity contribution >= 4 is 68.8 Å². The summed E-state index contributed by atoms with van der Waals surface area (Å²) in [5.74, 6) is -2.67. The van der Waals surface area contributed by atoms with Crippen molar-refractivity contribution in [3.8, 4) is 0 Å². The number of hydrazine groups is 1. The maximum atomic E-state index is 13.3. The lowest BCUT2D eigenvalue weighted by molar-refractivity contribution is -0.136. The lowest BCUT2D eigenvalue weighted by Crippen LogP contribution is -2.54. The van der Waals surface area contributed by atoms with Crippen molar-refractivity contribution in [1.82, 2.24) is 46.2 Å². The van der Waals surface area contributed by atoms with E-state index in [0.717, 1.165) is 53.7 Å². The highest BCUT2D eigenvalue weighted by molar-refractivity contribution is 8.00. The number of nitrogens with zero attached hydrogens (tertiary/aromatic N) is 3. The molecule has 2 aromatic carbocycles. The van der Waals surface area contributed by atoms with Gasteiger partial charge in [0, 0.05) is 62.7 Å². The normalized spacial score (nSPS) is 24.5. The molecule has 0 aromatic heterocycles. The minimum atomic E-state index is -3.36. The molecule has 4 saturated heterocycles. The number of nitrogens with one attached hydrogen (secondary N) is 7. The van der Waals surface area contributed by atoms with Gasteiger partial charge in [-0.25, -0.2) is 23.2 Å². The Kier molecular flexibility index (Phi) is 14.0. The fourth-order valence-corrected chi connectivity index (χ4v) is 10.3. The van der Waals surface area contributed by atoms with Gasteiger partial charge in [0.25, 0.3) is 11.8 Å². The Hall–Kier alpha value is -4.93. The molecular formula is C40H52N10O9S2. The molecule has 0 bridgehead atoms. The van der Waals surface area contributed by atoms with E-state index in [2.05, 4.69) is 49.5 Å². The molecule has 7 N–H and O–H groups in total. The number of rotatable bonds is 17. The second-order valence-electron chi connectivity index (χ2n) is 15.9. The molecule has 4 fully saturated rings. The lowest BCUT2D eigenvalue weighted by atomic mass is 10.00. The number of sulfonamides is 1. The largest absolute Gasteiger partial charge is 0.384 e. The van der Waals surface area contributed by atoms with Crippen molar-refractivity contribution in [2.45, 2.75) is 68.6 Å². The van der Waals surface area contributed by atoms with Gasteiger partial charge in [-0.15, -0.1) is 11.8 Å². The Bertz CT molecular complexity index is 2170. The number of carbonyl (C=O) groups is 7. The third-order valence-electron chi connectivity index (χ3n) is 11.5. The Labute approximate surface area is 358 Å². The first-order valence-corrected chi connectivity index (χ1v) is 23.5. The Morgan fingerprint density at radius 1 is 0.869 bits per heavy atom. The fraction of sp³-hybridized carbons (Fsp3) is 0.525. The summed E-state index contributed by atoms with van der Waals surface area (Å²) < 4.78 is 24.8. The summed E-state index contributed by atoms with van der Waals surface area (Å²) >= 11 is 1.56. The zero-order chi connectivity index (χ0) is 43.3. The Balaban J connectivity index is 0.769. The molecule has 7 amide bonds. The maximum absolute atomic E-state index is 13.3. The summed E-state index contributed by atoms with van der Waals surface area (Å²) in [5.41, 5.74) is 6.27. The molecule has 5 aliphatic heterocycles. The highest BCUT2D eigenvalue weighted by atomic mass is 32.2. The summed E-state index contributed by atoms with van der Waals surface area (Å²) in [5, 5.41) is 19.3. The molecular weight excluding hydrogens is 829 g/mol. The van der Waals surface area contributed by atoms with Gasteiger partial charge in [-0.1, -0.05) is 30.3 Å². The molecule has 2 aromatic rings. The summed E-state index contributed by atoms with van der Waals surface area (Å²) in [4.78, 5) is 89.2. The van der Waals surface area contributed by atoms with E-state index in [1.807, 2.05) is 17.1 Å². The molecule has 61 heavy (non-hydrogen) atoms. The standard InChI is InChI=1S/C40H52N10O9S2/c1-61(58,59)49-18-13-26(21-49)36(54)43-20-33(52)46-40-44-30(23-60-40)25-8-5-7-24(19-25)28-14-17-48(47-28)22-34(53)42-16-4-2-3-15-41-29-10-6-9-27-35(29)39(57)50(38(27)56)31-11-12-32(51)45-37(31)55/h5-10,19,26,28,30-31,40-41,44,47H,2-4,11-18,20-23H2,1H3,(H,42,53)(H,43,54)(H,46,52)(H,45,51,55). The molecule has 5 heterocycles. The predicted octanol–water partition coefficient (Wildman–Crippen LogP) is -0.0872. The lowest BCUT2D eigenvalue weighted by Gasteiger charge is -2.27. The first-order valence-electron chi connectivity index (χ1n) is 20.6. The molecule has 0 aliphatic carbocycles. The van der Waals surface area contributed by atoms with E-state index < -0.39 is 45.6 Å². The van der Waals surface area contributed by atoms with Gasteiger partial charge in [-0.2, -0.15) is 0 Å². The molecule has 19 nitrogen and oxygen atoms in total. The van der Waals surface area contributed by atoms with Gasteiger partial charge in [-0.05, 0) is 61.8 Å². The SMILES string of the molecule is CS(=O)(=O)N1CCC(C(=O)NCC(=O)NC2NC(c3cccc(C4CCN(CC(=O)NCCCCCNc5cccc6c5C(=O)N(C5CCC(=O)NC5=O)C6=O)N4)c3)CS2)C1. The highest BCUT2D eigenvalue weighted by Gasteiger charge is 2.45. The van der Waals surface area contributed by atoms with Crippen LogP contribution in [0.25, 0.3) is 0 Å². The predicted molar refractivity (Wildman–Crippen MR) is 225 cm³/mol. The first-order chi connectivity index (χ1) is 29.2. The van der Waals surface area contributed by atoms with Gasteiger partial charge in [0.1, 0.15) is 11.5 Å². The van der Waals surface area contributed by atoms with Gasteiger partial charge in [-0.3, -0.25) is 49.1 Å². The minimum absolute atomic E-state index is 0.00359. The maximum Gasteiger partial charge on any atom is 0.264 e. The van der Waals surface area contributed by atoms with Gasteiger partial charge < -0.3 is 21.3 Å². The first kappa shape index (κ1) is 44.1. The molecule has 5 atom stereocenters. The summed E-state index contributed by atoms with van der Waals surface area (Å²) in [6.07, 6.45) is 4.85. The number of imide groups is 2. The van der Waals surface area contributed by atoms with E-state index in [4.69, 9.17) is 0 Å². The summed E-state index contributed by atoms with van der Waals surface area (Å²) in [6, 6.07) is 12.2. The van der Waals surface area contributed by atoms with Crippen LogP contribution in [0.5, 0.6) is 0 Å². The number of hydrogen-bond acceptors (Lipinski definition) is 14. The van der Waals surface area contributed by atoms with E-state index in [9.17, 15) is 42.0 Å². The third kappa shape index (κ3) is 10.8. The van der Waals surface area contributed by atoms with Gasteiger partial charge >= 0.3 is 0 Å². The van der Waals surface area contributed by atoms with Crippen LogP contribution in [0.3, 0.4) is 0 Å². The number of carbonyl (C=O) groups excluding carboxylic acids is 7. The van der Waals surface area contributed by atoms with E-state index in [1.165, 1.54) is 4.31 Å². The van der Waals surface area contributed by atoms with Crippen molar-refractivity contribution < 1.29 is 42.0 Å². The zero-order valence-electron chi connectivity index (χ0n) is 33.9. The molecule has 0 spiro atoms. The Morgan fingerprint density at radius 3 is 2.41 bits per heavy atom.